The maximum absolute atomic E-state index is 10.5. The van der Waals surface area contributed by atoms with Gasteiger partial charge in [0.15, 0.2) is 0 Å². The molecule has 0 aliphatic carbocycles. The Labute approximate surface area is 107 Å². The van der Waals surface area contributed by atoms with Crippen molar-refractivity contribution >= 4 is 6.47 Å². The maximum Gasteiger partial charge on any atom is 0.296 e. The van der Waals surface area contributed by atoms with Gasteiger partial charge in [-0.3, -0.25) is 4.79 Å². The van der Waals surface area contributed by atoms with Crippen LogP contribution in [0, 0.1) is 20.8 Å². The Balaban J connectivity index is 2.53. The van der Waals surface area contributed by atoms with Crippen LogP contribution in [0.15, 0.2) is 0 Å². The quantitative estimate of drug-likeness (QED) is 0.819. The predicted octanol–water partition coefficient (Wildman–Crippen LogP) is 2.53. The number of hydrogen-bond acceptors (Lipinski definition) is 4. The van der Waals surface area contributed by atoms with Crippen LogP contribution in [-0.4, -0.2) is 17.4 Å². The van der Waals surface area contributed by atoms with E-state index in [1.54, 1.807) is 6.92 Å². The van der Waals surface area contributed by atoms with E-state index in [-0.39, 0.29) is 0 Å². The third kappa shape index (κ3) is 1.82. The predicted molar refractivity (Wildman–Crippen MR) is 66.8 cm³/mol. The van der Waals surface area contributed by atoms with Gasteiger partial charge in [-0.25, -0.2) is 0 Å². The molecule has 1 aliphatic heterocycles. The lowest BCUT2D eigenvalue weighted by Gasteiger charge is -2.35. The summed E-state index contributed by atoms with van der Waals surface area (Å²) in [5.41, 5.74) is 3.55. The standard InChI is InChI=1S/C14H18O4/c1-8-9(2)13-11(10(3)12(8)16)5-6-14(4,18-13)17-7-15/h7,16H,5-6H2,1-4H3. The Kier molecular flexibility index (Phi) is 2.97. The van der Waals surface area contributed by atoms with E-state index in [9.17, 15) is 9.90 Å². The first kappa shape index (κ1) is 12.7. The number of phenolic OH excluding ortho intramolecular Hbond substituents is 1. The largest absolute Gasteiger partial charge is 0.507 e. The number of ether oxygens (including phenoxy) is 2. The van der Waals surface area contributed by atoms with Crippen LogP contribution in [0.5, 0.6) is 11.5 Å². The molecule has 4 nitrogen and oxygen atoms in total. The molecule has 1 unspecified atom stereocenters. The van der Waals surface area contributed by atoms with Gasteiger partial charge >= 0.3 is 0 Å². The molecule has 0 spiro atoms. The highest BCUT2D eigenvalue weighted by atomic mass is 16.7. The molecule has 4 heteroatoms. The molecule has 1 aromatic carbocycles. The molecule has 18 heavy (non-hydrogen) atoms. The molecule has 0 radical (unpaired) electrons. The first-order chi connectivity index (χ1) is 8.39. The Bertz CT molecular complexity index is 507. The zero-order valence-corrected chi connectivity index (χ0v) is 11.2. The summed E-state index contributed by atoms with van der Waals surface area (Å²) in [5, 5.41) is 10.0. The summed E-state index contributed by atoms with van der Waals surface area (Å²) in [7, 11) is 0. The molecule has 0 saturated carbocycles. The summed E-state index contributed by atoms with van der Waals surface area (Å²) < 4.78 is 10.9. The average Bonchev–Trinajstić information content (AvgIpc) is 2.34. The van der Waals surface area contributed by atoms with Crippen molar-refractivity contribution in [1.29, 1.82) is 0 Å². The fraction of sp³-hybridized carbons (Fsp3) is 0.500. The first-order valence-electron chi connectivity index (χ1n) is 6.01. The summed E-state index contributed by atoms with van der Waals surface area (Å²) in [5.74, 6) is 0.156. The van der Waals surface area contributed by atoms with E-state index >= 15 is 0 Å². The monoisotopic (exact) mass is 250 g/mol. The highest BCUT2D eigenvalue weighted by Gasteiger charge is 2.35. The number of carbonyl (C=O) groups is 1. The smallest absolute Gasteiger partial charge is 0.296 e. The van der Waals surface area contributed by atoms with Gasteiger partial charge in [0.05, 0.1) is 0 Å². The summed E-state index contributed by atoms with van der Waals surface area (Å²) in [6.07, 6.45) is 1.31. The van der Waals surface area contributed by atoms with Crippen LogP contribution >= 0.6 is 0 Å². The van der Waals surface area contributed by atoms with Crippen molar-refractivity contribution in [2.24, 2.45) is 0 Å². The van der Waals surface area contributed by atoms with E-state index in [1.807, 2.05) is 20.8 Å². The highest BCUT2D eigenvalue weighted by Crippen LogP contribution is 2.43. The average molecular weight is 250 g/mol. The summed E-state index contributed by atoms with van der Waals surface area (Å²) in [6, 6.07) is 0. The Morgan fingerprint density at radius 1 is 1.28 bits per heavy atom. The molecule has 0 fully saturated rings. The number of rotatable bonds is 2. The van der Waals surface area contributed by atoms with Gasteiger partial charge in [0.25, 0.3) is 12.3 Å². The number of carbonyl (C=O) groups excluding carboxylic acids is 1. The summed E-state index contributed by atoms with van der Waals surface area (Å²) in [4.78, 5) is 10.5. The lowest BCUT2D eigenvalue weighted by atomic mass is 9.91. The van der Waals surface area contributed by atoms with Crippen LogP contribution in [0.1, 0.15) is 35.6 Å². The second-order valence-electron chi connectivity index (χ2n) is 4.98. The second-order valence-corrected chi connectivity index (χ2v) is 4.98. The number of hydrogen-bond donors (Lipinski definition) is 1. The normalized spacial score (nSPS) is 22.0. The molecule has 1 atom stereocenters. The molecule has 1 heterocycles. The topological polar surface area (TPSA) is 55.8 Å². The molecule has 2 rings (SSSR count). The minimum atomic E-state index is -0.907. The van der Waals surface area contributed by atoms with Gasteiger partial charge in [0.1, 0.15) is 11.5 Å². The van der Waals surface area contributed by atoms with Crippen molar-refractivity contribution in [3.05, 3.63) is 22.3 Å². The summed E-state index contributed by atoms with van der Waals surface area (Å²) >= 11 is 0. The van der Waals surface area contributed by atoms with E-state index < -0.39 is 5.79 Å². The molecule has 1 aliphatic rings. The summed E-state index contributed by atoms with van der Waals surface area (Å²) in [6.45, 7) is 7.81. The fourth-order valence-electron chi connectivity index (χ4n) is 2.41. The second kappa shape index (κ2) is 4.19. The van der Waals surface area contributed by atoms with Crippen molar-refractivity contribution < 1.29 is 19.4 Å². The zero-order valence-electron chi connectivity index (χ0n) is 11.2. The van der Waals surface area contributed by atoms with Gasteiger partial charge in [-0.15, -0.1) is 0 Å². The van der Waals surface area contributed by atoms with E-state index in [1.165, 1.54) is 0 Å². The van der Waals surface area contributed by atoms with Crippen molar-refractivity contribution in [3.63, 3.8) is 0 Å². The first-order valence-corrected chi connectivity index (χ1v) is 6.01. The highest BCUT2D eigenvalue weighted by molar-refractivity contribution is 5.58. The number of aromatic hydroxyl groups is 1. The lowest BCUT2D eigenvalue weighted by molar-refractivity contribution is -0.182. The van der Waals surface area contributed by atoms with Crippen LogP contribution in [0.3, 0.4) is 0 Å². The van der Waals surface area contributed by atoms with Gasteiger partial charge in [-0.2, -0.15) is 0 Å². The molecular formula is C14H18O4. The van der Waals surface area contributed by atoms with Crippen LogP contribution in [0.4, 0.5) is 0 Å². The Morgan fingerprint density at radius 2 is 1.94 bits per heavy atom. The fourth-order valence-corrected chi connectivity index (χ4v) is 2.41. The van der Waals surface area contributed by atoms with E-state index in [0.29, 0.717) is 18.6 Å². The van der Waals surface area contributed by atoms with Gasteiger partial charge in [-0.05, 0) is 43.9 Å². The minimum Gasteiger partial charge on any atom is -0.507 e. The number of fused-ring (bicyclic) bond motifs is 1. The minimum absolute atomic E-state index is 0.328. The van der Waals surface area contributed by atoms with Crippen LogP contribution in [-0.2, 0) is 16.0 Å². The molecular weight excluding hydrogens is 232 g/mol. The maximum atomic E-state index is 10.5. The number of benzene rings is 1. The lowest BCUT2D eigenvalue weighted by Crippen LogP contribution is -2.39. The van der Waals surface area contributed by atoms with Crippen LogP contribution in [0.25, 0.3) is 0 Å². The van der Waals surface area contributed by atoms with E-state index in [2.05, 4.69) is 0 Å². The van der Waals surface area contributed by atoms with E-state index in [4.69, 9.17) is 9.47 Å². The van der Waals surface area contributed by atoms with Gasteiger partial charge < -0.3 is 14.6 Å². The third-order valence-corrected chi connectivity index (χ3v) is 3.78. The van der Waals surface area contributed by atoms with Gasteiger partial charge in [-0.1, -0.05) is 0 Å². The van der Waals surface area contributed by atoms with Gasteiger partial charge in [0.2, 0.25) is 0 Å². The van der Waals surface area contributed by atoms with Crippen molar-refractivity contribution in [1.82, 2.24) is 0 Å². The van der Waals surface area contributed by atoms with Crippen molar-refractivity contribution in [3.8, 4) is 11.5 Å². The zero-order chi connectivity index (χ0) is 13.5. The van der Waals surface area contributed by atoms with Crippen LogP contribution < -0.4 is 4.74 Å². The molecule has 1 aromatic rings. The van der Waals surface area contributed by atoms with Crippen molar-refractivity contribution in [2.45, 2.75) is 46.3 Å². The van der Waals surface area contributed by atoms with Crippen LogP contribution in [0.2, 0.25) is 0 Å². The molecule has 0 amide bonds. The molecule has 0 bridgehead atoms. The molecule has 0 saturated heterocycles. The molecule has 98 valence electrons. The molecule has 1 N–H and O–H groups in total. The Morgan fingerprint density at radius 3 is 2.56 bits per heavy atom. The third-order valence-electron chi connectivity index (χ3n) is 3.78. The Hall–Kier alpha value is -1.71. The molecule has 0 aromatic heterocycles. The van der Waals surface area contributed by atoms with E-state index in [0.717, 1.165) is 34.4 Å². The van der Waals surface area contributed by atoms with Crippen molar-refractivity contribution in [2.75, 3.05) is 0 Å². The van der Waals surface area contributed by atoms with Gasteiger partial charge in [0, 0.05) is 18.9 Å². The SMILES string of the molecule is Cc1c(C)c2c(c(C)c1O)CCC(C)(OC=O)O2. The number of phenols is 1.